The van der Waals surface area contributed by atoms with Crippen LogP contribution in [0.3, 0.4) is 0 Å². The van der Waals surface area contributed by atoms with E-state index in [9.17, 15) is 38.8 Å². The maximum atomic E-state index is 14.6. The minimum Gasteiger partial charge on any atom is -0.461 e. The van der Waals surface area contributed by atoms with Gasteiger partial charge in [-0.3, -0.25) is 9.59 Å². The first-order valence-electron chi connectivity index (χ1n) is 21.6. The van der Waals surface area contributed by atoms with Crippen LogP contribution in [0, 0.1) is 17.2 Å². The second-order valence-corrected chi connectivity index (χ2v) is 19.5. The molecule has 3 aliphatic heterocycles. The lowest BCUT2D eigenvalue weighted by Crippen LogP contribution is -2.39. The highest BCUT2D eigenvalue weighted by Crippen LogP contribution is 2.68. The normalized spacial score (nSPS) is 14.0. The summed E-state index contributed by atoms with van der Waals surface area (Å²) >= 11 is 3.64. The number of thioether (sulfide) groups is 4. The third-order valence-corrected chi connectivity index (χ3v) is 15.4. The molecule has 21 heteroatoms. The first-order valence-corrected chi connectivity index (χ1v) is 24.9. The Labute approximate surface area is 415 Å². The molecule has 1 fully saturated rings. The smallest absolute Gasteiger partial charge is 0.412 e. The molecule has 1 atom stereocenters. The Balaban J connectivity index is 1.44. The molecule has 3 aromatic rings. The predicted molar refractivity (Wildman–Crippen MR) is 258 cm³/mol. The lowest BCUT2D eigenvalue weighted by Gasteiger charge is -2.27. The van der Waals surface area contributed by atoms with E-state index in [4.69, 9.17) is 23.7 Å². The summed E-state index contributed by atoms with van der Waals surface area (Å²) in [5.41, 5.74) is 0.993. The number of esters is 3. The van der Waals surface area contributed by atoms with Crippen molar-refractivity contribution in [3.8, 4) is 17.6 Å². The lowest BCUT2D eigenvalue weighted by molar-refractivity contribution is -0.149. The van der Waals surface area contributed by atoms with Crippen molar-refractivity contribution in [3.05, 3.63) is 117 Å². The SMILES string of the molecule is C=CC(=O)OCCNC(=O)Oc1c2c(c(OC(=O)NCCOC(=O)C=C)c3c1SC(=C1C(=O)N(Cc4ccccc4)N(Cc4ccccc4)C1=O)S3)SC(=C(C#N)C(=O)OCC(CC)CCCC)S2. The molecule has 1 saturated heterocycles. The molecule has 4 amide bonds. The van der Waals surface area contributed by atoms with Crippen LogP contribution in [0.2, 0.25) is 0 Å². The molecule has 3 aliphatic rings. The molecule has 0 aromatic heterocycles. The maximum absolute atomic E-state index is 14.6. The molecule has 3 aromatic carbocycles. The second-order valence-electron chi connectivity index (χ2n) is 14.9. The topological polar surface area (TPSA) is 220 Å². The van der Waals surface area contributed by atoms with Crippen LogP contribution < -0.4 is 20.1 Å². The number of nitrogens with zero attached hydrogens (tertiary/aromatic N) is 3. The fourth-order valence-corrected chi connectivity index (χ4v) is 12.1. The third kappa shape index (κ3) is 13.1. The van der Waals surface area contributed by atoms with Gasteiger partial charge in [-0.2, -0.15) is 5.26 Å². The van der Waals surface area contributed by atoms with E-state index in [0.717, 1.165) is 96.0 Å². The van der Waals surface area contributed by atoms with Crippen molar-refractivity contribution in [3.63, 3.8) is 0 Å². The molecule has 2 N–H and O–H groups in total. The maximum Gasteiger partial charge on any atom is 0.412 e. The number of hydrazine groups is 1. The van der Waals surface area contributed by atoms with Crippen molar-refractivity contribution in [2.75, 3.05) is 32.9 Å². The van der Waals surface area contributed by atoms with Gasteiger partial charge in [0.1, 0.15) is 24.9 Å². The van der Waals surface area contributed by atoms with E-state index in [-0.39, 0.29) is 103 Å². The minimum atomic E-state index is -1.00. The van der Waals surface area contributed by atoms with E-state index >= 15 is 0 Å². The summed E-state index contributed by atoms with van der Waals surface area (Å²) < 4.78 is 27.9. The van der Waals surface area contributed by atoms with Crippen LogP contribution in [0.25, 0.3) is 0 Å². The Kier molecular flexibility index (Phi) is 18.9. The van der Waals surface area contributed by atoms with Crippen LogP contribution in [0.5, 0.6) is 11.5 Å². The van der Waals surface area contributed by atoms with E-state index in [1.54, 1.807) is 0 Å². The van der Waals surface area contributed by atoms with Gasteiger partial charge >= 0.3 is 30.1 Å². The Hall–Kier alpha value is -6.60. The predicted octanol–water partition coefficient (Wildman–Crippen LogP) is 8.41. The molecule has 0 saturated carbocycles. The van der Waals surface area contributed by atoms with Gasteiger partial charge in [-0.25, -0.2) is 34.0 Å². The number of unbranched alkanes of at least 4 members (excludes halogenated alkanes) is 1. The number of ether oxygens (including phenoxy) is 5. The van der Waals surface area contributed by atoms with Crippen LogP contribution >= 0.6 is 47.0 Å². The average molecular weight is 1010 g/mol. The fourth-order valence-electron chi connectivity index (χ4n) is 6.69. The third-order valence-electron chi connectivity index (χ3n) is 10.2. The van der Waals surface area contributed by atoms with E-state index in [1.165, 1.54) is 10.0 Å². The molecule has 3 heterocycles. The molecule has 360 valence electrons. The average Bonchev–Trinajstić information content (AvgIpc) is 4.05. The number of nitriles is 1. The Bertz CT molecular complexity index is 2470. The van der Waals surface area contributed by atoms with Gasteiger partial charge in [-0.05, 0) is 23.5 Å². The summed E-state index contributed by atoms with van der Waals surface area (Å²) in [7, 11) is 0. The number of nitrogens with one attached hydrogen (secondary N) is 2. The highest BCUT2D eigenvalue weighted by atomic mass is 32.2. The number of benzene rings is 3. The number of hydrogen-bond donors (Lipinski definition) is 2. The van der Waals surface area contributed by atoms with Crippen LogP contribution in [0.15, 0.2) is 125 Å². The Morgan fingerprint density at radius 1 is 0.710 bits per heavy atom. The highest BCUT2D eigenvalue weighted by molar-refractivity contribution is 8.26. The number of rotatable bonds is 21. The summed E-state index contributed by atoms with van der Waals surface area (Å²) in [5, 5.41) is 18.1. The van der Waals surface area contributed by atoms with Gasteiger partial charge in [0.05, 0.1) is 60.8 Å². The van der Waals surface area contributed by atoms with Gasteiger partial charge in [0.2, 0.25) is 0 Å². The first kappa shape index (κ1) is 51.8. The van der Waals surface area contributed by atoms with Crippen molar-refractivity contribution < 1.29 is 57.2 Å². The van der Waals surface area contributed by atoms with Crippen LogP contribution in [-0.2, 0) is 51.3 Å². The second kappa shape index (κ2) is 25.1. The number of fused-ring (bicyclic) bond motifs is 2. The fraction of sp³-hybridized carbons (Fsp3) is 0.292. The molecule has 0 spiro atoms. The van der Waals surface area contributed by atoms with Crippen LogP contribution in [0.4, 0.5) is 9.59 Å². The van der Waals surface area contributed by atoms with Crippen molar-refractivity contribution in [1.29, 1.82) is 5.26 Å². The lowest BCUT2D eigenvalue weighted by atomic mass is 10.0. The minimum absolute atomic E-state index is 0.0583. The summed E-state index contributed by atoms with van der Waals surface area (Å²) in [4.78, 5) is 93.9. The molecular formula is C48H47N5O12S4. The van der Waals surface area contributed by atoms with Gasteiger partial charge in [-0.15, -0.1) is 0 Å². The zero-order valence-electron chi connectivity index (χ0n) is 37.6. The summed E-state index contributed by atoms with van der Waals surface area (Å²) in [6.07, 6.45) is 3.42. The quantitative estimate of drug-likeness (QED) is 0.0255. The van der Waals surface area contributed by atoms with Crippen LogP contribution in [-0.4, -0.2) is 84.8 Å². The molecule has 1 unspecified atom stereocenters. The van der Waals surface area contributed by atoms with Crippen molar-refractivity contribution >= 4 is 89.0 Å². The summed E-state index contributed by atoms with van der Waals surface area (Å²) in [6, 6.07) is 20.3. The zero-order valence-corrected chi connectivity index (χ0v) is 40.8. The Morgan fingerprint density at radius 3 is 1.59 bits per heavy atom. The zero-order chi connectivity index (χ0) is 49.5. The monoisotopic (exact) mass is 1010 g/mol. The van der Waals surface area contributed by atoms with Crippen molar-refractivity contribution in [2.45, 2.75) is 72.2 Å². The molecule has 69 heavy (non-hydrogen) atoms. The van der Waals surface area contributed by atoms with Crippen molar-refractivity contribution in [2.24, 2.45) is 5.92 Å². The van der Waals surface area contributed by atoms with Gasteiger partial charge < -0.3 is 34.3 Å². The van der Waals surface area contributed by atoms with Gasteiger partial charge in [-0.1, -0.05) is 154 Å². The number of carbonyl (C=O) groups excluding carboxylic acids is 7. The first-order chi connectivity index (χ1) is 33.4. The standard InChI is InChI=1S/C48H47N5O12S4/c1-5-9-16-29(6-2)28-63-44(58)32(25-49)45-66-38-36(64-47(59)50-21-23-61-33(54)7-3)40-41(37(39(38)67-45)65-48(60)51-22-24-62-34(55)8-4)69-46(68-40)35-42(56)52(26-30-17-12-10-13-18-30)53(43(35)57)27-31-19-14-11-15-20-31/h7-8,10-15,17-20,29H,3-6,9,16,21-24,26-28H2,1-2H3,(H,50,59)(H,51,60). The van der Waals surface area contributed by atoms with Gasteiger partial charge in [0.25, 0.3) is 11.8 Å². The molecule has 0 aliphatic carbocycles. The highest BCUT2D eigenvalue weighted by Gasteiger charge is 2.47. The number of amides is 4. The van der Waals surface area contributed by atoms with Crippen LogP contribution in [0.1, 0.15) is 50.7 Å². The molecular weight excluding hydrogens is 967 g/mol. The largest absolute Gasteiger partial charge is 0.461 e. The summed E-state index contributed by atoms with van der Waals surface area (Å²) in [5.74, 6) is -3.65. The number of carbonyl (C=O) groups is 7. The van der Waals surface area contributed by atoms with E-state index in [0.29, 0.717) is 0 Å². The van der Waals surface area contributed by atoms with E-state index in [1.807, 2.05) is 73.7 Å². The van der Waals surface area contributed by atoms with Crippen molar-refractivity contribution in [1.82, 2.24) is 20.7 Å². The Morgan fingerprint density at radius 2 is 1.17 bits per heavy atom. The molecule has 0 bridgehead atoms. The van der Waals surface area contributed by atoms with Gasteiger partial charge in [0, 0.05) is 12.2 Å². The van der Waals surface area contributed by atoms with Gasteiger partial charge in [0.15, 0.2) is 17.1 Å². The molecule has 6 rings (SSSR count). The molecule has 0 radical (unpaired) electrons. The summed E-state index contributed by atoms with van der Waals surface area (Å²) in [6.45, 7) is 10.2. The van der Waals surface area contributed by atoms with E-state index in [2.05, 4.69) is 30.7 Å². The molecule has 17 nitrogen and oxygen atoms in total. The number of hydrogen-bond acceptors (Lipinski definition) is 17. The van der Waals surface area contributed by atoms with E-state index < -0.39 is 41.9 Å².